The molecular formula is C28H19BrClNO4. The topological polar surface area (TPSA) is 57.1 Å². The second-order valence-electron chi connectivity index (χ2n) is 7.85. The number of ether oxygens (including phenoxy) is 3. The number of carbonyl (C=O) groups is 1. The summed E-state index contributed by atoms with van der Waals surface area (Å²) in [5.41, 5.74) is 2.58. The number of halogens is 2. The first kappa shape index (κ1) is 23.1. The van der Waals surface area contributed by atoms with Crippen LogP contribution in [0.2, 0.25) is 5.02 Å². The quantitative estimate of drug-likeness (QED) is 0.189. The lowest BCUT2D eigenvalue weighted by Gasteiger charge is -2.14. The molecule has 7 heteroatoms. The Morgan fingerprint density at radius 1 is 1.00 bits per heavy atom. The number of hydrogen-bond acceptors (Lipinski definition) is 5. The van der Waals surface area contributed by atoms with Crippen LogP contribution in [0.3, 0.4) is 0 Å². The molecule has 174 valence electrons. The molecule has 0 unspecified atom stereocenters. The van der Waals surface area contributed by atoms with Crippen LogP contribution in [0.5, 0.6) is 11.5 Å². The van der Waals surface area contributed by atoms with Gasteiger partial charge in [0.25, 0.3) is 0 Å². The lowest BCUT2D eigenvalue weighted by molar-refractivity contribution is -0.129. The molecule has 5 nitrogen and oxygen atoms in total. The zero-order valence-electron chi connectivity index (χ0n) is 18.6. The Balaban J connectivity index is 1.41. The molecule has 0 bridgehead atoms. The maximum atomic E-state index is 12.5. The van der Waals surface area contributed by atoms with Crippen molar-refractivity contribution in [3.63, 3.8) is 0 Å². The molecule has 1 aliphatic heterocycles. The third kappa shape index (κ3) is 5.09. The Labute approximate surface area is 215 Å². The van der Waals surface area contributed by atoms with Crippen molar-refractivity contribution >= 4 is 56.2 Å². The van der Waals surface area contributed by atoms with Crippen LogP contribution < -0.4 is 9.47 Å². The molecule has 5 rings (SSSR count). The molecule has 35 heavy (non-hydrogen) atoms. The molecule has 4 aromatic rings. The first-order valence-corrected chi connectivity index (χ1v) is 11.9. The van der Waals surface area contributed by atoms with Gasteiger partial charge >= 0.3 is 5.97 Å². The minimum atomic E-state index is -0.510. The highest BCUT2D eigenvalue weighted by Gasteiger charge is 2.24. The van der Waals surface area contributed by atoms with Crippen molar-refractivity contribution in [2.75, 3.05) is 7.11 Å². The van der Waals surface area contributed by atoms with Gasteiger partial charge in [0.2, 0.25) is 5.90 Å². The standard InChI is InChI=1S/C28H19BrClNO4/c1-33-25-14-18(12-23(29)26(25)34-16-17-5-4-8-22(30)11-17)13-24-28(32)35-27(31-24)21-10-9-19-6-2-3-7-20(19)15-21/h2-15H,16H2,1H3. The average molecular weight is 549 g/mol. The predicted octanol–water partition coefficient (Wildman–Crippen LogP) is 7.19. The number of aliphatic imine (C=N–C) groups is 1. The highest BCUT2D eigenvalue weighted by Crippen LogP contribution is 2.38. The molecule has 0 spiro atoms. The SMILES string of the molecule is COc1cc(C=C2N=C(c3ccc4ccccc4c3)OC2=O)cc(Br)c1OCc1cccc(Cl)c1. The van der Waals surface area contributed by atoms with Crippen molar-refractivity contribution in [1.29, 1.82) is 0 Å². The molecule has 4 aromatic carbocycles. The fraction of sp³-hybridized carbons (Fsp3) is 0.0714. The third-order valence-corrected chi connectivity index (χ3v) is 6.27. The van der Waals surface area contributed by atoms with Crippen LogP contribution >= 0.6 is 27.5 Å². The summed E-state index contributed by atoms with van der Waals surface area (Å²) in [5.74, 6) is 0.825. The van der Waals surface area contributed by atoms with E-state index in [2.05, 4.69) is 20.9 Å². The monoisotopic (exact) mass is 547 g/mol. The van der Waals surface area contributed by atoms with E-state index in [4.69, 9.17) is 25.8 Å². The van der Waals surface area contributed by atoms with E-state index in [0.717, 1.165) is 21.9 Å². The summed E-state index contributed by atoms with van der Waals surface area (Å²) in [6, 6.07) is 24.9. The summed E-state index contributed by atoms with van der Waals surface area (Å²) >= 11 is 9.61. The fourth-order valence-electron chi connectivity index (χ4n) is 3.76. The van der Waals surface area contributed by atoms with Crippen molar-refractivity contribution in [1.82, 2.24) is 0 Å². The van der Waals surface area contributed by atoms with E-state index in [1.807, 2.05) is 72.8 Å². The molecule has 0 radical (unpaired) electrons. The smallest absolute Gasteiger partial charge is 0.363 e. The highest BCUT2D eigenvalue weighted by atomic mass is 79.9. The number of cyclic esters (lactones) is 1. The Morgan fingerprint density at radius 2 is 1.83 bits per heavy atom. The molecule has 0 amide bonds. The molecule has 0 saturated heterocycles. The Hall–Kier alpha value is -3.61. The fourth-order valence-corrected chi connectivity index (χ4v) is 4.55. The summed E-state index contributed by atoms with van der Waals surface area (Å²) < 4.78 is 17.7. The van der Waals surface area contributed by atoms with Crippen LogP contribution in [-0.2, 0) is 16.1 Å². The minimum absolute atomic E-state index is 0.203. The van der Waals surface area contributed by atoms with Crippen LogP contribution in [0.1, 0.15) is 16.7 Å². The maximum Gasteiger partial charge on any atom is 0.363 e. The van der Waals surface area contributed by atoms with Gasteiger partial charge in [0.05, 0.1) is 11.6 Å². The summed E-state index contributed by atoms with van der Waals surface area (Å²) in [6.45, 7) is 0.321. The molecule has 1 aliphatic rings. The third-order valence-electron chi connectivity index (χ3n) is 5.44. The van der Waals surface area contributed by atoms with Crippen molar-refractivity contribution < 1.29 is 19.0 Å². The molecule has 0 saturated carbocycles. The Bertz CT molecular complexity index is 1510. The molecule has 1 heterocycles. The van der Waals surface area contributed by atoms with E-state index in [-0.39, 0.29) is 11.6 Å². The van der Waals surface area contributed by atoms with E-state index >= 15 is 0 Å². The van der Waals surface area contributed by atoms with E-state index in [1.165, 1.54) is 0 Å². The number of benzene rings is 4. The number of esters is 1. The summed E-state index contributed by atoms with van der Waals surface area (Å²) in [5, 5.41) is 2.79. The number of carbonyl (C=O) groups excluding carboxylic acids is 1. The number of fused-ring (bicyclic) bond motifs is 1. The predicted molar refractivity (Wildman–Crippen MR) is 141 cm³/mol. The van der Waals surface area contributed by atoms with Gasteiger partial charge in [0.15, 0.2) is 17.2 Å². The van der Waals surface area contributed by atoms with Gasteiger partial charge in [-0.15, -0.1) is 0 Å². The van der Waals surface area contributed by atoms with Crippen LogP contribution in [0.25, 0.3) is 16.8 Å². The second-order valence-corrected chi connectivity index (χ2v) is 9.14. The zero-order valence-corrected chi connectivity index (χ0v) is 21.0. The van der Waals surface area contributed by atoms with Gasteiger partial charge in [0.1, 0.15) is 6.61 Å². The second kappa shape index (κ2) is 9.94. The lowest BCUT2D eigenvalue weighted by Crippen LogP contribution is -2.05. The maximum absolute atomic E-state index is 12.5. The van der Waals surface area contributed by atoms with Crippen LogP contribution in [-0.4, -0.2) is 19.0 Å². The van der Waals surface area contributed by atoms with Crippen LogP contribution in [0.15, 0.2) is 94.0 Å². The van der Waals surface area contributed by atoms with Crippen LogP contribution in [0.4, 0.5) is 0 Å². The van der Waals surface area contributed by atoms with Gasteiger partial charge in [-0.2, -0.15) is 0 Å². The van der Waals surface area contributed by atoms with Gasteiger partial charge < -0.3 is 14.2 Å². The molecular weight excluding hydrogens is 530 g/mol. The molecule has 0 aromatic heterocycles. The number of nitrogens with zero attached hydrogens (tertiary/aromatic N) is 1. The zero-order chi connectivity index (χ0) is 24.4. The first-order valence-electron chi connectivity index (χ1n) is 10.8. The van der Waals surface area contributed by atoms with Gasteiger partial charge in [-0.3, -0.25) is 0 Å². The van der Waals surface area contributed by atoms with E-state index in [9.17, 15) is 4.79 Å². The first-order chi connectivity index (χ1) is 17.0. The van der Waals surface area contributed by atoms with Crippen molar-refractivity contribution in [3.05, 3.63) is 111 Å². The summed E-state index contributed by atoms with van der Waals surface area (Å²) in [4.78, 5) is 17.0. The number of rotatable bonds is 6. The summed E-state index contributed by atoms with van der Waals surface area (Å²) in [6.07, 6.45) is 1.66. The van der Waals surface area contributed by atoms with Gasteiger partial charge in [-0.1, -0.05) is 54.1 Å². The Morgan fingerprint density at radius 3 is 2.63 bits per heavy atom. The lowest BCUT2D eigenvalue weighted by atomic mass is 10.1. The Kier molecular flexibility index (Phi) is 6.57. The van der Waals surface area contributed by atoms with E-state index in [1.54, 1.807) is 19.3 Å². The molecule has 0 fully saturated rings. The minimum Gasteiger partial charge on any atom is -0.493 e. The largest absolute Gasteiger partial charge is 0.493 e. The average Bonchev–Trinajstić information content (AvgIpc) is 3.22. The van der Waals surface area contributed by atoms with Crippen LogP contribution in [0, 0.1) is 0 Å². The van der Waals surface area contributed by atoms with Gasteiger partial charge in [-0.25, -0.2) is 9.79 Å². The van der Waals surface area contributed by atoms with E-state index in [0.29, 0.717) is 33.2 Å². The van der Waals surface area contributed by atoms with Gasteiger partial charge in [-0.05, 0) is 80.3 Å². The summed E-state index contributed by atoms with van der Waals surface area (Å²) in [7, 11) is 1.56. The van der Waals surface area contributed by atoms with Crippen molar-refractivity contribution in [2.45, 2.75) is 6.61 Å². The number of methoxy groups -OCH3 is 1. The van der Waals surface area contributed by atoms with Gasteiger partial charge in [0, 0.05) is 10.6 Å². The molecule has 0 N–H and O–H groups in total. The number of hydrogen-bond donors (Lipinski definition) is 0. The van der Waals surface area contributed by atoms with Crippen molar-refractivity contribution in [2.24, 2.45) is 4.99 Å². The van der Waals surface area contributed by atoms with E-state index < -0.39 is 5.97 Å². The highest BCUT2D eigenvalue weighted by molar-refractivity contribution is 9.10. The normalized spacial score (nSPS) is 14.2. The molecule has 0 atom stereocenters. The van der Waals surface area contributed by atoms with Crippen molar-refractivity contribution in [3.8, 4) is 11.5 Å². The molecule has 0 aliphatic carbocycles.